The van der Waals surface area contributed by atoms with Crippen molar-refractivity contribution in [2.45, 2.75) is 151 Å². The number of nitrogens with zero attached hydrogens (tertiary/aromatic N) is 14. The minimum Gasteiger partial charge on any atom is -0.408 e. The Morgan fingerprint density at radius 1 is 0.566 bits per heavy atom. The van der Waals surface area contributed by atoms with Crippen LogP contribution < -0.4 is 34.1 Å². The van der Waals surface area contributed by atoms with Gasteiger partial charge in [-0.1, -0.05) is 46.9 Å². The molecule has 14 heterocycles. The molecule has 0 amide bonds. The molecule has 8 aromatic heterocycles. The number of H-pyrrole nitrogens is 2. The zero-order valence-corrected chi connectivity index (χ0v) is 60.6. The summed E-state index contributed by atoms with van der Waals surface area (Å²) < 4.78 is 128. The Morgan fingerprint density at radius 3 is 1.39 bits per heavy atom. The third-order valence-corrected chi connectivity index (χ3v) is 27.5. The van der Waals surface area contributed by atoms with Crippen molar-refractivity contribution >= 4 is 151 Å². The number of nitrogens with two attached hydrogens (primary N) is 4. The van der Waals surface area contributed by atoms with E-state index in [9.17, 15) is 33.9 Å². The zero-order chi connectivity index (χ0) is 71.4. The van der Waals surface area contributed by atoms with Gasteiger partial charge in [-0.25, -0.2) is 53.2 Å². The number of thiol groups is 1. The van der Waals surface area contributed by atoms with E-state index in [1.165, 1.54) is 56.2 Å². The molecule has 4 unspecified atom stereocenters. The van der Waals surface area contributed by atoms with Gasteiger partial charge in [-0.2, -0.15) is 9.97 Å². The summed E-state index contributed by atoms with van der Waals surface area (Å²) in [6.07, 6.45) is -15.7. The molecule has 4 bridgehead atoms. The van der Waals surface area contributed by atoms with E-state index in [0.717, 1.165) is 0 Å². The average molecular weight is 1560 g/mol. The SMILES string of the molecule is CC.CC(C)(C)[Si](C)(C)O[C@H]1[C@H]2OP(=O)(S)OC[C@H]3O[C@@H](n4cnc5c(N)ncnc54)[C@H](F)[C@@H]3OP(O)(=S)OC[C@H]1O[C@H]2n1cnc2c(=O)[nH]c(N)nc21.Nc1nc2c(ncn2[C@@H]2O[C@@H]3COP(O)(=S)O[C@H]4[C@@H](F)[C@H](n5cnc6c(N)ncnc65)O[C@@H]4COP(O)(=S)O[C@@H]2[C@@H]3O)c(=O)[nH]1. The van der Waals surface area contributed by atoms with Gasteiger partial charge in [0.25, 0.3) is 11.1 Å². The van der Waals surface area contributed by atoms with Crippen LogP contribution in [-0.2, 0) is 99.5 Å². The highest BCUT2D eigenvalue weighted by molar-refractivity contribution is 8.44. The fourth-order valence-corrected chi connectivity index (χ4v) is 18.2. The van der Waals surface area contributed by atoms with Crippen LogP contribution in [0.4, 0.5) is 32.3 Å². The molecule has 0 spiro atoms. The number of aliphatic hydroxyl groups excluding tert-OH is 1. The van der Waals surface area contributed by atoms with Crippen molar-refractivity contribution in [2.24, 2.45) is 0 Å². The van der Waals surface area contributed by atoms with Crippen molar-refractivity contribution in [2.75, 3.05) is 49.4 Å². The largest absolute Gasteiger partial charge is 0.408 e. The number of nitrogen functional groups attached to an aromatic ring is 4. The van der Waals surface area contributed by atoms with Gasteiger partial charge in [0.15, 0.2) is 90.8 Å². The third kappa shape index (κ3) is 14.7. The number of halogens is 2. The standard InChI is InChI=1S/C26H37FN10O10P2S2Si.C20H23FN10O10P2S2.C2H6/c1-26(2,3)52(4,5)47-17-12-7-42-48(39,50)45-16-11(43-23(13(16)27)36-9-32-14-19(28)30-8-31-20(14)36)6-41-49(40,51)46-18(17)24(44-12)37-10-33-15-21(37)34-25(29)35-22(15)38;21-8-12-7(39-18(8)30-4-26-9-14(22)24-3-25-15(9)30)2-37-43(35,45)41-13-11(32)6(1-36-42(34,44)40-12)38-19(13)31-5-27-10-16(31)28-20(23)29-17(10)33;1-2/h8-13,16-18,23-24H,6-7H2,1-5H3,(H,39,50)(H,40,51)(H2,28,30,31)(H3,29,34,35,38);3-8,11-13,18-19,32H,1-2H2,(H,34,44)(H,35,45)(H2,22,24,25)(H3,23,28,29,33);1-2H3/t11-,12-,13-,16-,17-,18-,23-,24-,48?,49?;6-,7-,8-,11-,12-,13-,18-,19-,42?,43?;/m11./s1. The molecule has 40 nitrogen and oxygen atoms in total. The van der Waals surface area contributed by atoms with Gasteiger partial charge >= 0.3 is 27.0 Å². The van der Waals surface area contributed by atoms with Crippen molar-refractivity contribution in [3.63, 3.8) is 0 Å². The summed E-state index contributed by atoms with van der Waals surface area (Å²) in [6.45, 7) is -5.49. The van der Waals surface area contributed by atoms with E-state index >= 15 is 8.78 Å². The number of ether oxygens (including phenoxy) is 4. The predicted molar refractivity (Wildman–Crippen MR) is 359 cm³/mol. The molecule has 0 saturated carbocycles. The number of anilines is 4. The van der Waals surface area contributed by atoms with E-state index in [4.69, 9.17) is 118 Å². The fraction of sp³-hybridized carbons (Fsp3) is 0.583. The molecular formula is C48H66F2N20O20P4S4Si. The van der Waals surface area contributed by atoms with Crippen LogP contribution in [0.15, 0.2) is 47.6 Å². The Morgan fingerprint density at radius 2 is 0.939 bits per heavy atom. The molecule has 6 fully saturated rings. The Labute approximate surface area is 578 Å². The van der Waals surface area contributed by atoms with Gasteiger partial charge in [-0.3, -0.25) is 60.4 Å². The summed E-state index contributed by atoms with van der Waals surface area (Å²) in [4.78, 5) is 104. The number of aromatic amines is 2. The lowest BCUT2D eigenvalue weighted by Gasteiger charge is -2.40. The van der Waals surface area contributed by atoms with Gasteiger partial charge in [-0.15, -0.1) is 0 Å². The van der Waals surface area contributed by atoms with Gasteiger partial charge in [0.1, 0.15) is 84.7 Å². The molecular weight excluding hydrogens is 1490 g/mol. The lowest BCUT2D eigenvalue weighted by Crippen LogP contribution is -2.50. The topological polar surface area (TPSA) is 536 Å². The first kappa shape index (κ1) is 73.7. The highest BCUT2D eigenvalue weighted by atomic mass is 32.7. The molecule has 6 aliphatic rings. The van der Waals surface area contributed by atoms with E-state index in [-0.39, 0.29) is 73.2 Å². The lowest BCUT2D eigenvalue weighted by molar-refractivity contribution is -0.0602. The maximum atomic E-state index is 16.3. The van der Waals surface area contributed by atoms with Crippen LogP contribution in [0.25, 0.3) is 44.7 Å². The van der Waals surface area contributed by atoms with Crippen LogP contribution in [0.3, 0.4) is 0 Å². The first-order chi connectivity index (χ1) is 46.6. The molecule has 8 aromatic rings. The smallest absolute Gasteiger partial charge is 0.386 e. The first-order valence-electron chi connectivity index (χ1n) is 29.8. The van der Waals surface area contributed by atoms with E-state index < -0.39 is 171 Å². The number of fused-ring (bicyclic) bond motifs is 10. The van der Waals surface area contributed by atoms with Crippen LogP contribution in [-0.4, -0.2) is 206 Å². The number of nitrogens with one attached hydrogen (secondary N) is 2. The van der Waals surface area contributed by atoms with Crippen LogP contribution >= 0.6 is 39.2 Å². The number of aromatic nitrogens is 16. The van der Waals surface area contributed by atoms with E-state index in [2.05, 4.69) is 72.1 Å². The quantitative estimate of drug-likeness (QED) is 0.0647. The van der Waals surface area contributed by atoms with Crippen molar-refractivity contribution in [3.8, 4) is 0 Å². The normalized spacial score (nSPS) is 35.5. The number of aliphatic hydroxyl groups is 1. The summed E-state index contributed by atoms with van der Waals surface area (Å²) in [7, 11) is -2.68. The summed E-state index contributed by atoms with van der Waals surface area (Å²) in [5, 5.41) is 10.8. The van der Waals surface area contributed by atoms with Gasteiger partial charge in [0, 0.05) is 0 Å². The minimum absolute atomic E-state index is 0.0282. The average Bonchev–Trinajstić information content (AvgIpc) is 1.62. The minimum atomic E-state index is -4.42. The van der Waals surface area contributed by atoms with Crippen LogP contribution in [0, 0.1) is 0 Å². The molecule has 0 aromatic carbocycles. The fourth-order valence-electron chi connectivity index (χ4n) is 11.2. The number of alkyl halides is 2. The number of rotatable bonds is 6. The van der Waals surface area contributed by atoms with Gasteiger partial charge < -0.3 is 79.7 Å². The molecule has 0 radical (unpaired) electrons. The lowest BCUT2D eigenvalue weighted by atomic mass is 10.1. The highest BCUT2D eigenvalue weighted by Gasteiger charge is 2.58. The maximum absolute atomic E-state index is 16.3. The number of hydrogen-bond acceptors (Lipinski definition) is 34. The van der Waals surface area contributed by atoms with Crippen molar-refractivity contribution in [1.29, 1.82) is 0 Å². The van der Waals surface area contributed by atoms with Crippen molar-refractivity contribution < 1.29 is 92.7 Å². The van der Waals surface area contributed by atoms with E-state index in [1.54, 1.807) is 0 Å². The predicted octanol–water partition coefficient (Wildman–Crippen LogP) is 2.61. The van der Waals surface area contributed by atoms with E-state index in [1.807, 2.05) is 47.7 Å². The second kappa shape index (κ2) is 27.8. The van der Waals surface area contributed by atoms with Gasteiger partial charge in [0.05, 0.1) is 51.7 Å². The van der Waals surface area contributed by atoms with Gasteiger partial charge in [-0.05, 0) is 53.6 Å². The van der Waals surface area contributed by atoms with Crippen LogP contribution in [0.5, 0.6) is 0 Å². The molecule has 14 N–H and O–H groups in total. The Bertz CT molecular complexity index is 4700. The first-order valence-corrected chi connectivity index (χ1v) is 43.1. The molecule has 20 atom stereocenters. The molecule has 51 heteroatoms. The van der Waals surface area contributed by atoms with Crippen molar-refractivity contribution in [3.05, 3.63) is 58.7 Å². The number of hydrogen-bond donors (Lipinski definition) is 11. The zero-order valence-electron chi connectivity index (χ0n) is 52.6. The molecule has 99 heavy (non-hydrogen) atoms. The summed E-state index contributed by atoms with van der Waals surface area (Å²) in [6, 6.07) is 0. The second-order valence-electron chi connectivity index (χ2n) is 24.0. The Hall–Kier alpha value is -5.07. The summed E-state index contributed by atoms with van der Waals surface area (Å²) >= 11 is 20.0. The number of imidazole rings is 4. The Kier molecular flexibility index (Phi) is 20.7. The molecule has 6 aliphatic heterocycles. The monoisotopic (exact) mass is 1560 g/mol. The summed E-state index contributed by atoms with van der Waals surface area (Å²) in [5.41, 5.74) is 22.6. The molecule has 14 rings (SSSR count). The highest BCUT2D eigenvalue weighted by Crippen LogP contribution is 2.60. The van der Waals surface area contributed by atoms with Crippen LogP contribution in [0.2, 0.25) is 18.1 Å². The molecule has 540 valence electrons. The van der Waals surface area contributed by atoms with E-state index in [0.29, 0.717) is 0 Å². The van der Waals surface area contributed by atoms with Crippen molar-refractivity contribution in [1.82, 2.24) is 78.1 Å². The maximum Gasteiger partial charge on any atom is 0.386 e. The second-order valence-corrected chi connectivity index (χ2v) is 40.0. The summed E-state index contributed by atoms with van der Waals surface area (Å²) in [5.74, 6) is -0.301. The molecule has 0 aliphatic carbocycles. The Balaban J connectivity index is 0.000000185. The van der Waals surface area contributed by atoms with Crippen LogP contribution in [0.1, 0.15) is 59.5 Å². The third-order valence-electron chi connectivity index (χ3n) is 16.8. The van der Waals surface area contributed by atoms with Gasteiger partial charge in [0.2, 0.25) is 11.9 Å². The molecule has 6 saturated heterocycles.